The van der Waals surface area contributed by atoms with Crippen LogP contribution in [0.15, 0.2) is 34.3 Å². The maximum absolute atomic E-state index is 11.2. The molecule has 2 aromatic rings. The zero-order valence-corrected chi connectivity index (χ0v) is 31.0. The zero-order valence-electron chi connectivity index (χ0n) is 29.9. The molecule has 2 aromatic carbocycles. The van der Waals surface area contributed by atoms with E-state index < -0.39 is 5.97 Å². The minimum atomic E-state index is -0.833. The van der Waals surface area contributed by atoms with Crippen LogP contribution in [0, 0.1) is 0 Å². The summed E-state index contributed by atoms with van der Waals surface area (Å²) in [7, 11) is 0. The van der Waals surface area contributed by atoms with Gasteiger partial charge in [0.15, 0.2) is 0 Å². The van der Waals surface area contributed by atoms with E-state index in [9.17, 15) is 10.2 Å². The first kappa shape index (κ1) is 40.4. The molecule has 7 heteroatoms. The van der Waals surface area contributed by atoms with Gasteiger partial charge in [-0.15, -0.1) is 0 Å². The van der Waals surface area contributed by atoms with Crippen LogP contribution in [-0.2, 0) is 43.2 Å². The van der Waals surface area contributed by atoms with Gasteiger partial charge in [0.25, 0.3) is 5.97 Å². The summed E-state index contributed by atoms with van der Waals surface area (Å²) < 4.78 is 0. The Labute approximate surface area is 283 Å². The number of carboxylic acid groups (broad SMARTS) is 1. The number of hydrogen-bond donors (Lipinski definition) is 3. The van der Waals surface area contributed by atoms with Gasteiger partial charge in [-0.3, -0.25) is 14.8 Å². The molecule has 1 aliphatic rings. The largest absolute Gasteiger partial charge is 0.507 e. The average molecular weight is 666 g/mol. The summed E-state index contributed by atoms with van der Waals surface area (Å²) in [6.07, 6.45) is 7.90. The van der Waals surface area contributed by atoms with Gasteiger partial charge in [-0.05, 0) is 57.8 Å². The van der Waals surface area contributed by atoms with E-state index in [-0.39, 0.29) is 50.5 Å². The van der Waals surface area contributed by atoms with E-state index in [0.717, 1.165) is 54.9 Å². The van der Waals surface area contributed by atoms with Crippen LogP contribution in [-0.4, -0.2) is 45.8 Å². The Hall–Kier alpha value is -2.64. The fourth-order valence-electron chi connectivity index (χ4n) is 5.31. The van der Waals surface area contributed by atoms with E-state index in [1.165, 1.54) is 11.1 Å². The van der Waals surface area contributed by atoms with Gasteiger partial charge >= 0.3 is 0 Å². The van der Waals surface area contributed by atoms with Crippen LogP contribution in [0.5, 0.6) is 11.5 Å². The van der Waals surface area contributed by atoms with Crippen molar-refractivity contribution in [2.45, 2.75) is 149 Å². The maximum atomic E-state index is 11.2. The van der Waals surface area contributed by atoms with E-state index in [1.54, 1.807) is 0 Å². The molecule has 45 heavy (non-hydrogen) atoms. The van der Waals surface area contributed by atoms with Gasteiger partial charge in [0.1, 0.15) is 11.5 Å². The van der Waals surface area contributed by atoms with Crippen molar-refractivity contribution in [1.29, 1.82) is 0 Å². The summed E-state index contributed by atoms with van der Waals surface area (Å²) in [5.74, 6) is -0.197. The van der Waals surface area contributed by atoms with E-state index in [0.29, 0.717) is 11.5 Å². The van der Waals surface area contributed by atoms with Crippen LogP contribution in [0.4, 0.5) is 0 Å². The van der Waals surface area contributed by atoms with Crippen molar-refractivity contribution >= 4 is 18.4 Å². The Kier molecular flexibility index (Phi) is 13.7. The van der Waals surface area contributed by atoms with Crippen LogP contribution in [0.2, 0.25) is 0 Å². The van der Waals surface area contributed by atoms with Crippen molar-refractivity contribution in [3.05, 3.63) is 57.6 Å². The summed E-state index contributed by atoms with van der Waals surface area (Å²) in [5, 5.41) is 29.9. The first-order valence-electron chi connectivity index (χ1n) is 15.9. The summed E-state index contributed by atoms with van der Waals surface area (Å²) in [5.41, 5.74) is 5.39. The van der Waals surface area contributed by atoms with Crippen molar-refractivity contribution in [2.24, 2.45) is 9.98 Å². The van der Waals surface area contributed by atoms with E-state index in [2.05, 4.69) is 107 Å². The zero-order chi connectivity index (χ0) is 33.8. The number of carbonyl (C=O) groups is 1. The molecule has 0 saturated heterocycles. The molecule has 1 fully saturated rings. The number of aliphatic carboxylic acids is 1. The van der Waals surface area contributed by atoms with E-state index >= 15 is 0 Å². The molecule has 253 valence electrons. The van der Waals surface area contributed by atoms with Crippen LogP contribution in [0.1, 0.15) is 149 Å². The maximum Gasteiger partial charge on any atom is 0.300 e. The number of nitrogens with zero attached hydrogens (tertiary/aromatic N) is 2. The number of rotatable bonds is 4. The van der Waals surface area contributed by atoms with Crippen LogP contribution >= 0.6 is 0 Å². The Bertz CT molecular complexity index is 1260. The number of aromatic hydroxyl groups is 2. The first-order chi connectivity index (χ1) is 19.9. The minimum absolute atomic E-state index is 0. The van der Waals surface area contributed by atoms with Crippen LogP contribution in [0.3, 0.4) is 0 Å². The molecule has 6 nitrogen and oxygen atoms in total. The normalized spacial score (nSPS) is 18.0. The fraction of sp³-hybridized carbons (Fsp3) is 0.605. The third-order valence-electron chi connectivity index (χ3n) is 8.13. The number of phenols is 2. The van der Waals surface area contributed by atoms with Gasteiger partial charge < -0.3 is 15.3 Å². The molecule has 1 unspecified atom stereocenters. The van der Waals surface area contributed by atoms with E-state index in [4.69, 9.17) is 19.9 Å². The molecule has 3 N–H and O–H groups in total. The van der Waals surface area contributed by atoms with Gasteiger partial charge in [-0.1, -0.05) is 108 Å². The summed E-state index contributed by atoms with van der Waals surface area (Å²) in [6, 6.07) is 8.53. The third-order valence-corrected chi connectivity index (χ3v) is 8.13. The molecule has 0 heterocycles. The van der Waals surface area contributed by atoms with Gasteiger partial charge in [0.2, 0.25) is 0 Å². The third kappa shape index (κ3) is 11.6. The molecule has 0 aromatic heterocycles. The Morgan fingerprint density at radius 2 is 0.933 bits per heavy atom. The topological polar surface area (TPSA) is 102 Å². The molecule has 2 atom stereocenters. The molecule has 0 spiro atoms. The summed E-state index contributed by atoms with van der Waals surface area (Å²) in [6.45, 7) is 27.1. The summed E-state index contributed by atoms with van der Waals surface area (Å²) >= 11 is 0. The SMILES string of the molecule is CC(=O)O.CC(C)(C)c1cc(C=NC2CCCC[C@H]2N=Cc2cc(C(C)(C)C)cc(C(C)(C)C)c2O)c(O)c(C(C)(C)C)c1.[Co]. The number of hydrogen-bond acceptors (Lipinski definition) is 5. The number of carboxylic acids is 1. The van der Waals surface area contributed by atoms with Crippen molar-refractivity contribution < 1.29 is 36.9 Å². The van der Waals surface area contributed by atoms with Gasteiger partial charge in [-0.25, -0.2) is 0 Å². The molecule has 0 amide bonds. The smallest absolute Gasteiger partial charge is 0.300 e. The van der Waals surface area contributed by atoms with Crippen molar-refractivity contribution in [3.8, 4) is 11.5 Å². The molecule has 3 rings (SSSR count). The molecule has 1 saturated carbocycles. The minimum Gasteiger partial charge on any atom is -0.507 e. The van der Waals surface area contributed by atoms with Gasteiger partial charge in [0.05, 0.1) is 12.1 Å². The van der Waals surface area contributed by atoms with Gasteiger partial charge in [-0.2, -0.15) is 0 Å². The fourth-order valence-corrected chi connectivity index (χ4v) is 5.31. The van der Waals surface area contributed by atoms with Crippen LogP contribution in [0.25, 0.3) is 0 Å². The Morgan fingerprint density at radius 1 is 0.644 bits per heavy atom. The molecular weight excluding hydrogens is 607 g/mol. The second-order valence-electron chi connectivity index (χ2n) is 16.4. The number of aliphatic imine (C=N–C) groups is 2. The predicted molar refractivity (Wildman–Crippen MR) is 186 cm³/mol. The van der Waals surface area contributed by atoms with Crippen molar-refractivity contribution in [3.63, 3.8) is 0 Å². The quantitative estimate of drug-likeness (QED) is 0.283. The van der Waals surface area contributed by atoms with Gasteiger partial charge in [0, 0.05) is 58.4 Å². The van der Waals surface area contributed by atoms with Crippen molar-refractivity contribution in [1.82, 2.24) is 0 Å². The second kappa shape index (κ2) is 15.3. The Balaban J connectivity index is 0.00000191. The standard InChI is InChI=1S/C36H54N2O2.C2H4O2.Co/c1-33(2,3)25-17-23(31(39)27(19-25)35(7,8)9)21-37-29-15-13-14-16-30(29)38-22-24-18-26(34(4,5)6)20-28(32(24)40)36(10,11)12;1-2(3)4;/h17-22,29-30,39-40H,13-16H2,1-12H3;1H3,(H,3,4);/t29-,30?;;/m1../s1. The molecule has 0 aliphatic heterocycles. The predicted octanol–water partition coefficient (Wildman–Crippen LogP) is 9.23. The number of phenolic OH excluding ortho intramolecular Hbond substituents is 2. The molecule has 0 bridgehead atoms. The molecular formula is C38H58CoN2O4. The number of benzene rings is 2. The monoisotopic (exact) mass is 665 g/mol. The van der Waals surface area contributed by atoms with E-state index in [1.807, 2.05) is 12.4 Å². The van der Waals surface area contributed by atoms with Crippen molar-refractivity contribution in [2.75, 3.05) is 0 Å². The summed E-state index contributed by atoms with van der Waals surface area (Å²) in [4.78, 5) is 19.1. The first-order valence-corrected chi connectivity index (χ1v) is 15.9. The van der Waals surface area contributed by atoms with Crippen LogP contribution < -0.4 is 0 Å². The second-order valence-corrected chi connectivity index (χ2v) is 16.4. The molecule has 1 radical (unpaired) electrons. The Morgan fingerprint density at radius 3 is 1.18 bits per heavy atom. The molecule has 1 aliphatic carbocycles. The average Bonchev–Trinajstić information content (AvgIpc) is 2.84.